The number of fused-ring (bicyclic) bond motifs is 1. The number of hydrogen-bond acceptors (Lipinski definition) is 5. The first-order valence-corrected chi connectivity index (χ1v) is 7.00. The van der Waals surface area contributed by atoms with Crippen molar-refractivity contribution in [3.63, 3.8) is 0 Å². The van der Waals surface area contributed by atoms with Gasteiger partial charge >= 0.3 is 7.12 Å². The van der Waals surface area contributed by atoms with Crippen LogP contribution in [0.25, 0.3) is 10.8 Å². The molecule has 1 aliphatic rings. The molecule has 6 nitrogen and oxygen atoms in total. The van der Waals surface area contributed by atoms with E-state index in [-0.39, 0.29) is 6.44 Å². The summed E-state index contributed by atoms with van der Waals surface area (Å²) in [6, 6.07) is 13.8. The zero-order valence-electron chi connectivity index (χ0n) is 11.8. The van der Waals surface area contributed by atoms with E-state index in [2.05, 4.69) is 10.5 Å². The predicted octanol–water partition coefficient (Wildman–Crippen LogP) is 0.461. The van der Waals surface area contributed by atoms with Crippen LogP contribution >= 0.6 is 0 Å². The van der Waals surface area contributed by atoms with Crippen molar-refractivity contribution in [2.24, 2.45) is 5.16 Å². The monoisotopic (exact) mass is 298 g/mol. The number of benzene rings is 2. The molecule has 1 aliphatic heterocycles. The third-order valence-electron chi connectivity index (χ3n) is 3.52. The summed E-state index contributed by atoms with van der Waals surface area (Å²) >= 11 is 0. The molecule has 1 unspecified atom stereocenters. The van der Waals surface area contributed by atoms with Gasteiger partial charge in [-0.05, 0) is 10.8 Å². The number of carbonyl (C=O) groups excluding carboxylic acids is 1. The molecule has 0 saturated carbocycles. The minimum absolute atomic E-state index is 0.234. The Morgan fingerprint density at radius 3 is 2.86 bits per heavy atom. The third-order valence-corrected chi connectivity index (χ3v) is 3.52. The SMILES string of the molecule is O=C(NCB(O)O)C1CC(c2cccc3ccccc23)=NO1. The maximum atomic E-state index is 11.9. The van der Waals surface area contributed by atoms with E-state index >= 15 is 0 Å². The minimum atomic E-state index is -1.58. The van der Waals surface area contributed by atoms with Gasteiger partial charge in [0.05, 0.1) is 12.2 Å². The van der Waals surface area contributed by atoms with Crippen LogP contribution in [0.15, 0.2) is 47.6 Å². The van der Waals surface area contributed by atoms with Gasteiger partial charge < -0.3 is 20.2 Å². The van der Waals surface area contributed by atoms with Crippen LogP contribution in [0.1, 0.15) is 12.0 Å². The maximum absolute atomic E-state index is 11.9. The second-order valence-electron chi connectivity index (χ2n) is 5.09. The van der Waals surface area contributed by atoms with Gasteiger partial charge in [-0.1, -0.05) is 47.6 Å². The van der Waals surface area contributed by atoms with E-state index in [1.807, 2.05) is 42.5 Å². The van der Waals surface area contributed by atoms with Gasteiger partial charge in [0, 0.05) is 12.0 Å². The zero-order valence-corrected chi connectivity index (χ0v) is 11.8. The second kappa shape index (κ2) is 6.17. The molecule has 0 spiro atoms. The van der Waals surface area contributed by atoms with E-state index in [9.17, 15) is 4.79 Å². The zero-order chi connectivity index (χ0) is 15.5. The quantitative estimate of drug-likeness (QED) is 0.715. The normalized spacial score (nSPS) is 17.0. The Labute approximate surface area is 127 Å². The average molecular weight is 298 g/mol. The molecule has 0 bridgehead atoms. The van der Waals surface area contributed by atoms with Crippen LogP contribution < -0.4 is 5.32 Å². The molecule has 0 radical (unpaired) electrons. The van der Waals surface area contributed by atoms with Gasteiger partial charge in [0.25, 0.3) is 5.91 Å². The van der Waals surface area contributed by atoms with Crippen molar-refractivity contribution in [2.45, 2.75) is 12.5 Å². The largest absolute Gasteiger partial charge is 0.472 e. The van der Waals surface area contributed by atoms with Crippen molar-refractivity contribution in [3.05, 3.63) is 48.0 Å². The summed E-state index contributed by atoms with van der Waals surface area (Å²) in [6.07, 6.45) is -0.628. The van der Waals surface area contributed by atoms with Crippen molar-refractivity contribution < 1.29 is 19.7 Å². The number of carbonyl (C=O) groups is 1. The lowest BCUT2D eigenvalue weighted by Gasteiger charge is -2.09. The van der Waals surface area contributed by atoms with E-state index in [0.29, 0.717) is 12.1 Å². The Balaban J connectivity index is 1.76. The molecule has 0 aromatic heterocycles. The summed E-state index contributed by atoms with van der Waals surface area (Å²) in [5.41, 5.74) is 1.65. The maximum Gasteiger partial charge on any atom is 0.472 e. The van der Waals surface area contributed by atoms with Crippen LogP contribution in [0.4, 0.5) is 0 Å². The van der Waals surface area contributed by atoms with Crippen LogP contribution in [-0.4, -0.2) is 41.3 Å². The molecule has 1 heterocycles. The predicted molar refractivity (Wildman–Crippen MR) is 83.2 cm³/mol. The van der Waals surface area contributed by atoms with Crippen molar-refractivity contribution in [2.75, 3.05) is 6.44 Å². The van der Waals surface area contributed by atoms with Crippen molar-refractivity contribution in [1.82, 2.24) is 5.32 Å². The Kier molecular flexibility index (Phi) is 4.08. The lowest BCUT2D eigenvalue weighted by molar-refractivity contribution is -0.130. The molecular formula is C15H15BN2O4. The molecule has 1 atom stereocenters. The standard InChI is InChI=1S/C15H15BN2O4/c19-15(17-9-16(20)21)14-8-13(18-22-14)12-7-3-5-10-4-1-2-6-11(10)12/h1-7,14,20-21H,8-9H2,(H,17,19). The van der Waals surface area contributed by atoms with E-state index in [1.54, 1.807) is 0 Å². The lowest BCUT2D eigenvalue weighted by Crippen LogP contribution is -2.41. The van der Waals surface area contributed by atoms with Gasteiger partial charge in [-0.3, -0.25) is 4.79 Å². The van der Waals surface area contributed by atoms with Crippen LogP contribution in [-0.2, 0) is 9.63 Å². The van der Waals surface area contributed by atoms with Gasteiger partial charge in [0.2, 0.25) is 6.10 Å². The molecule has 7 heteroatoms. The summed E-state index contributed by atoms with van der Waals surface area (Å²) in [6.45, 7) is 0. The highest BCUT2D eigenvalue weighted by molar-refractivity contribution is 6.41. The highest BCUT2D eigenvalue weighted by Crippen LogP contribution is 2.24. The molecule has 0 saturated heterocycles. The van der Waals surface area contributed by atoms with Crippen molar-refractivity contribution in [3.8, 4) is 0 Å². The molecule has 2 aromatic rings. The Bertz CT molecular complexity index is 727. The van der Waals surface area contributed by atoms with Crippen LogP contribution in [0.3, 0.4) is 0 Å². The van der Waals surface area contributed by atoms with Gasteiger partial charge in [-0.15, -0.1) is 0 Å². The minimum Gasteiger partial charge on any atom is -0.426 e. The Morgan fingerprint density at radius 2 is 2.05 bits per heavy atom. The van der Waals surface area contributed by atoms with Gasteiger partial charge in [0.1, 0.15) is 0 Å². The number of hydrogen-bond donors (Lipinski definition) is 3. The fourth-order valence-corrected chi connectivity index (χ4v) is 2.46. The smallest absolute Gasteiger partial charge is 0.426 e. The van der Waals surface area contributed by atoms with E-state index in [0.717, 1.165) is 16.3 Å². The first-order chi connectivity index (χ1) is 10.6. The van der Waals surface area contributed by atoms with Gasteiger partial charge in [0.15, 0.2) is 0 Å². The van der Waals surface area contributed by atoms with Crippen molar-refractivity contribution >= 4 is 29.5 Å². The molecule has 0 fully saturated rings. The van der Waals surface area contributed by atoms with Gasteiger partial charge in [-0.2, -0.15) is 0 Å². The van der Waals surface area contributed by atoms with E-state index in [4.69, 9.17) is 14.9 Å². The Hall–Kier alpha value is -2.38. The summed E-state index contributed by atoms with van der Waals surface area (Å²) in [7, 11) is -1.58. The van der Waals surface area contributed by atoms with Crippen LogP contribution in [0, 0.1) is 0 Å². The van der Waals surface area contributed by atoms with E-state index < -0.39 is 19.1 Å². The number of nitrogens with one attached hydrogen (secondary N) is 1. The first-order valence-electron chi connectivity index (χ1n) is 7.00. The average Bonchev–Trinajstić information content (AvgIpc) is 3.02. The molecule has 3 rings (SSSR count). The molecular weight excluding hydrogens is 283 g/mol. The summed E-state index contributed by atoms with van der Waals surface area (Å²) in [5.74, 6) is -0.410. The molecule has 112 valence electrons. The fraction of sp³-hybridized carbons (Fsp3) is 0.200. The number of nitrogens with zero attached hydrogens (tertiary/aromatic N) is 1. The number of amides is 1. The highest BCUT2D eigenvalue weighted by Gasteiger charge is 2.29. The number of oxime groups is 1. The van der Waals surface area contributed by atoms with E-state index in [1.165, 1.54) is 0 Å². The second-order valence-corrected chi connectivity index (χ2v) is 5.09. The lowest BCUT2D eigenvalue weighted by atomic mass is 9.92. The summed E-state index contributed by atoms with van der Waals surface area (Å²) in [4.78, 5) is 17.0. The molecule has 1 amide bonds. The molecule has 22 heavy (non-hydrogen) atoms. The number of rotatable bonds is 4. The third kappa shape index (κ3) is 2.95. The molecule has 2 aromatic carbocycles. The fourth-order valence-electron chi connectivity index (χ4n) is 2.46. The van der Waals surface area contributed by atoms with Crippen LogP contribution in [0.5, 0.6) is 0 Å². The molecule has 3 N–H and O–H groups in total. The summed E-state index contributed by atoms with van der Waals surface area (Å²) < 4.78 is 0. The highest BCUT2D eigenvalue weighted by atomic mass is 16.6. The van der Waals surface area contributed by atoms with Gasteiger partial charge in [-0.25, -0.2) is 0 Å². The molecule has 0 aliphatic carbocycles. The topological polar surface area (TPSA) is 91.2 Å². The van der Waals surface area contributed by atoms with Crippen molar-refractivity contribution in [1.29, 1.82) is 0 Å². The Morgan fingerprint density at radius 1 is 1.27 bits per heavy atom. The van der Waals surface area contributed by atoms with Crippen LogP contribution in [0.2, 0.25) is 0 Å². The summed E-state index contributed by atoms with van der Waals surface area (Å²) in [5, 5.41) is 26.1. The first kappa shape index (κ1) is 14.6.